The molecule has 0 spiro atoms. The molecule has 0 amide bonds. The topological polar surface area (TPSA) is 0 Å². The monoisotopic (exact) mass is 122 g/mol. The van der Waals surface area contributed by atoms with Crippen molar-refractivity contribution in [1.82, 2.24) is 0 Å². The Bertz CT molecular complexity index is 121. The van der Waals surface area contributed by atoms with Crippen LogP contribution in [0.4, 0.5) is 0 Å². The maximum absolute atomic E-state index is 3.01. The summed E-state index contributed by atoms with van der Waals surface area (Å²) in [6.45, 7) is 4.02. The van der Waals surface area contributed by atoms with E-state index in [2.05, 4.69) is 30.9 Å². The predicted octanol–water partition coefficient (Wildman–Crippen LogP) is 2.76. The van der Waals surface area contributed by atoms with Gasteiger partial charge in [-0.1, -0.05) is 19.1 Å². The molecule has 0 aromatic carbocycles. The summed E-state index contributed by atoms with van der Waals surface area (Å²) in [5.41, 5.74) is 0. The van der Waals surface area contributed by atoms with Gasteiger partial charge in [0, 0.05) is 6.42 Å². The van der Waals surface area contributed by atoms with Gasteiger partial charge < -0.3 is 0 Å². The molecule has 0 saturated heterocycles. The fourth-order valence-corrected chi connectivity index (χ4v) is 0.565. The lowest BCUT2D eigenvalue weighted by Gasteiger charge is -1.80. The molecule has 0 aromatic heterocycles. The highest BCUT2D eigenvalue weighted by molar-refractivity contribution is 4.97. The second kappa shape index (κ2) is 7.30. The van der Waals surface area contributed by atoms with E-state index >= 15 is 0 Å². The normalized spacial score (nSPS) is 9.11. The highest BCUT2D eigenvalue weighted by atomic mass is 13.8. The Kier molecular flexibility index (Phi) is 6.73. The predicted molar refractivity (Wildman–Crippen MR) is 42.1 cm³/mol. The molecule has 0 N–H and O–H groups in total. The molecule has 0 saturated carbocycles. The Morgan fingerprint density at radius 1 is 1.33 bits per heavy atom. The van der Waals surface area contributed by atoms with Crippen LogP contribution < -0.4 is 0 Å². The second-order valence-electron chi connectivity index (χ2n) is 1.85. The maximum Gasteiger partial charge on any atom is 0.0123 e. The Labute approximate surface area is 58.0 Å². The second-order valence-corrected chi connectivity index (χ2v) is 1.85. The third-order valence-corrected chi connectivity index (χ3v) is 1.02. The molecule has 0 rings (SSSR count). The molecule has 0 atom stereocenters. The van der Waals surface area contributed by atoms with Gasteiger partial charge >= 0.3 is 0 Å². The van der Waals surface area contributed by atoms with Crippen molar-refractivity contribution in [3.8, 4) is 11.8 Å². The standard InChI is InChI=1S/C9H14/c1-3-5-7-9-8-6-4-2/h5,7H,3,8-9H2,1-2H3. The van der Waals surface area contributed by atoms with Crippen LogP contribution in [0.5, 0.6) is 0 Å². The fraction of sp³-hybridized carbons (Fsp3) is 0.556. The molecule has 50 valence electrons. The average Bonchev–Trinajstić information content (AvgIpc) is 1.89. The van der Waals surface area contributed by atoms with Crippen LogP contribution in [0.3, 0.4) is 0 Å². The minimum atomic E-state index is 1.01. The van der Waals surface area contributed by atoms with E-state index in [0.717, 1.165) is 19.3 Å². The summed E-state index contributed by atoms with van der Waals surface area (Å²) in [7, 11) is 0. The summed E-state index contributed by atoms with van der Waals surface area (Å²) in [4.78, 5) is 0. The number of hydrogen-bond donors (Lipinski definition) is 0. The molecule has 0 fully saturated rings. The van der Waals surface area contributed by atoms with Gasteiger partial charge in [0.05, 0.1) is 0 Å². The molecule has 0 aliphatic carbocycles. The van der Waals surface area contributed by atoms with Crippen molar-refractivity contribution in [3.63, 3.8) is 0 Å². The molecule has 0 aliphatic heterocycles. The Morgan fingerprint density at radius 3 is 2.67 bits per heavy atom. The van der Waals surface area contributed by atoms with Gasteiger partial charge in [0.2, 0.25) is 0 Å². The first kappa shape index (κ1) is 8.30. The maximum atomic E-state index is 3.01. The molecule has 0 heteroatoms. The van der Waals surface area contributed by atoms with E-state index in [4.69, 9.17) is 0 Å². The molecule has 0 radical (unpaired) electrons. The quantitative estimate of drug-likeness (QED) is 0.307. The first-order chi connectivity index (χ1) is 4.41. The number of allylic oxidation sites excluding steroid dienone is 2. The third-order valence-electron chi connectivity index (χ3n) is 1.02. The van der Waals surface area contributed by atoms with Crippen LogP contribution in [0.2, 0.25) is 0 Å². The fourth-order valence-electron chi connectivity index (χ4n) is 0.565. The van der Waals surface area contributed by atoms with E-state index in [1.807, 2.05) is 6.92 Å². The third kappa shape index (κ3) is 7.30. The zero-order valence-corrected chi connectivity index (χ0v) is 6.28. The SMILES string of the molecule is CC#CCCC=CCC. The molecule has 0 heterocycles. The molecular weight excluding hydrogens is 108 g/mol. The largest absolute Gasteiger partial charge is 0.107 e. The molecule has 0 aliphatic rings. The number of rotatable bonds is 3. The van der Waals surface area contributed by atoms with Gasteiger partial charge in [-0.3, -0.25) is 0 Å². The van der Waals surface area contributed by atoms with Crippen LogP contribution in [0.15, 0.2) is 12.2 Å². The van der Waals surface area contributed by atoms with Crippen LogP contribution in [0.1, 0.15) is 33.1 Å². The van der Waals surface area contributed by atoms with Crippen LogP contribution in [0.25, 0.3) is 0 Å². The molecule has 0 aromatic rings. The highest BCUT2D eigenvalue weighted by Crippen LogP contribution is 1.89. The Hall–Kier alpha value is -0.700. The van der Waals surface area contributed by atoms with Crippen molar-refractivity contribution < 1.29 is 0 Å². The van der Waals surface area contributed by atoms with E-state index in [0.29, 0.717) is 0 Å². The number of unbranched alkanes of at least 4 members (excludes halogenated alkanes) is 1. The summed E-state index contributed by atoms with van der Waals surface area (Å²) in [5, 5.41) is 0. The summed E-state index contributed by atoms with van der Waals surface area (Å²) >= 11 is 0. The first-order valence-electron chi connectivity index (χ1n) is 3.46. The highest BCUT2D eigenvalue weighted by Gasteiger charge is 1.72. The van der Waals surface area contributed by atoms with Crippen LogP contribution in [0, 0.1) is 11.8 Å². The van der Waals surface area contributed by atoms with Crippen molar-refractivity contribution in [3.05, 3.63) is 12.2 Å². The van der Waals surface area contributed by atoms with E-state index in [9.17, 15) is 0 Å². The smallest absolute Gasteiger partial charge is 0.0123 e. The van der Waals surface area contributed by atoms with Gasteiger partial charge in [0.1, 0.15) is 0 Å². The summed E-state index contributed by atoms with van der Waals surface area (Å²) < 4.78 is 0. The van der Waals surface area contributed by atoms with Gasteiger partial charge in [0.25, 0.3) is 0 Å². The van der Waals surface area contributed by atoms with Crippen LogP contribution in [-0.2, 0) is 0 Å². The van der Waals surface area contributed by atoms with Gasteiger partial charge in [-0.25, -0.2) is 0 Å². The zero-order valence-electron chi connectivity index (χ0n) is 6.28. The Morgan fingerprint density at radius 2 is 2.11 bits per heavy atom. The Balaban J connectivity index is 3.06. The summed E-state index contributed by atoms with van der Waals surface area (Å²) in [5.74, 6) is 5.87. The minimum Gasteiger partial charge on any atom is -0.107 e. The average molecular weight is 122 g/mol. The van der Waals surface area contributed by atoms with Crippen molar-refractivity contribution in [2.45, 2.75) is 33.1 Å². The van der Waals surface area contributed by atoms with Crippen LogP contribution >= 0.6 is 0 Å². The van der Waals surface area contributed by atoms with Gasteiger partial charge in [-0.05, 0) is 19.8 Å². The zero-order chi connectivity index (χ0) is 6.95. The van der Waals surface area contributed by atoms with Crippen LogP contribution in [-0.4, -0.2) is 0 Å². The molecule has 0 bridgehead atoms. The lowest BCUT2D eigenvalue weighted by atomic mass is 10.3. The van der Waals surface area contributed by atoms with Crippen molar-refractivity contribution in [2.75, 3.05) is 0 Å². The van der Waals surface area contributed by atoms with Crippen molar-refractivity contribution in [2.24, 2.45) is 0 Å². The van der Waals surface area contributed by atoms with E-state index in [1.165, 1.54) is 0 Å². The first-order valence-corrected chi connectivity index (χ1v) is 3.46. The van der Waals surface area contributed by atoms with E-state index in [1.54, 1.807) is 0 Å². The molecule has 9 heavy (non-hydrogen) atoms. The van der Waals surface area contributed by atoms with Gasteiger partial charge in [-0.2, -0.15) is 0 Å². The van der Waals surface area contributed by atoms with E-state index in [-0.39, 0.29) is 0 Å². The van der Waals surface area contributed by atoms with Crippen molar-refractivity contribution >= 4 is 0 Å². The summed E-state index contributed by atoms with van der Waals surface area (Å²) in [6, 6.07) is 0. The lowest BCUT2D eigenvalue weighted by molar-refractivity contribution is 1.06. The van der Waals surface area contributed by atoms with Gasteiger partial charge in [-0.15, -0.1) is 11.8 Å². The van der Waals surface area contributed by atoms with Crippen molar-refractivity contribution in [1.29, 1.82) is 0 Å². The molecular formula is C9H14. The van der Waals surface area contributed by atoms with E-state index < -0.39 is 0 Å². The summed E-state index contributed by atoms with van der Waals surface area (Å²) in [6.07, 6.45) is 7.61. The molecule has 0 nitrogen and oxygen atoms in total. The number of hydrogen-bond acceptors (Lipinski definition) is 0. The molecule has 0 unspecified atom stereocenters. The lowest BCUT2D eigenvalue weighted by Crippen LogP contribution is -1.63. The minimum absolute atomic E-state index is 1.01. The van der Waals surface area contributed by atoms with Gasteiger partial charge in [0.15, 0.2) is 0 Å².